The summed E-state index contributed by atoms with van der Waals surface area (Å²) in [6, 6.07) is 10.7. The summed E-state index contributed by atoms with van der Waals surface area (Å²) in [7, 11) is -3.35. The minimum atomic E-state index is -3.35. The lowest BCUT2D eigenvalue weighted by atomic mass is 10.1. The number of thiophene rings is 1. The Morgan fingerprint density at radius 3 is 2.90 bits per heavy atom. The van der Waals surface area contributed by atoms with Crippen molar-refractivity contribution in [1.82, 2.24) is 10.2 Å². The van der Waals surface area contributed by atoms with Gasteiger partial charge in [-0.05, 0) is 29.8 Å². The molecular weight excluding hydrogens is 434 g/mol. The molecule has 1 aromatic carbocycles. The van der Waals surface area contributed by atoms with Gasteiger partial charge in [0.05, 0.1) is 29.7 Å². The molecule has 2 heterocycles. The van der Waals surface area contributed by atoms with Crippen LogP contribution in [0.2, 0.25) is 4.34 Å². The van der Waals surface area contributed by atoms with Gasteiger partial charge in [-0.15, -0.1) is 11.3 Å². The summed E-state index contributed by atoms with van der Waals surface area (Å²) in [5.74, 6) is -0.132. The second-order valence-corrected chi connectivity index (χ2v) is 10.5. The lowest BCUT2D eigenvalue weighted by Crippen LogP contribution is -2.47. The predicted molar refractivity (Wildman–Crippen MR) is 116 cm³/mol. The zero-order chi connectivity index (χ0) is 20.9. The molecule has 2 N–H and O–H groups in total. The molecule has 1 fully saturated rings. The Hall–Kier alpha value is -1.65. The number of benzene rings is 1. The fraction of sp³-hybridized carbons (Fsp3) is 0.421. The lowest BCUT2D eigenvalue weighted by molar-refractivity contribution is -0.121. The van der Waals surface area contributed by atoms with Gasteiger partial charge < -0.3 is 10.1 Å². The number of morpholine rings is 1. The van der Waals surface area contributed by atoms with Gasteiger partial charge in [0.25, 0.3) is 0 Å². The predicted octanol–water partition coefficient (Wildman–Crippen LogP) is 2.33. The van der Waals surface area contributed by atoms with E-state index in [1.807, 2.05) is 12.1 Å². The van der Waals surface area contributed by atoms with Crippen molar-refractivity contribution in [3.63, 3.8) is 0 Å². The molecule has 10 heteroatoms. The minimum Gasteiger partial charge on any atom is -0.374 e. The number of halogens is 1. The highest BCUT2D eigenvalue weighted by atomic mass is 35.5. The van der Waals surface area contributed by atoms with E-state index < -0.39 is 10.0 Å². The quantitative estimate of drug-likeness (QED) is 0.635. The number of anilines is 1. The second kappa shape index (κ2) is 9.90. The number of carbonyl (C=O) groups excluding carboxylic acids is 1. The molecule has 1 aliphatic rings. The van der Waals surface area contributed by atoms with Gasteiger partial charge in [-0.2, -0.15) is 0 Å². The molecule has 29 heavy (non-hydrogen) atoms. The van der Waals surface area contributed by atoms with Crippen molar-refractivity contribution in [3.05, 3.63) is 51.2 Å². The molecule has 158 valence electrons. The lowest BCUT2D eigenvalue weighted by Gasteiger charge is -2.32. The minimum absolute atomic E-state index is 0.0682. The van der Waals surface area contributed by atoms with Crippen molar-refractivity contribution in [3.8, 4) is 0 Å². The SMILES string of the molecule is CS(=O)(=O)Nc1cccc(CC(=O)NC[C@H]2CN(Cc3ccc(Cl)s3)CCO2)c1. The van der Waals surface area contributed by atoms with Gasteiger partial charge in [-0.1, -0.05) is 23.7 Å². The summed E-state index contributed by atoms with van der Waals surface area (Å²) in [6.07, 6.45) is 1.19. The average molecular weight is 458 g/mol. The van der Waals surface area contributed by atoms with Crippen LogP contribution in [0.3, 0.4) is 0 Å². The van der Waals surface area contributed by atoms with Crippen LogP contribution in [0.1, 0.15) is 10.4 Å². The number of hydrogen-bond acceptors (Lipinski definition) is 6. The number of sulfonamides is 1. The van der Waals surface area contributed by atoms with E-state index in [0.717, 1.165) is 35.8 Å². The maximum absolute atomic E-state index is 12.3. The summed E-state index contributed by atoms with van der Waals surface area (Å²) in [5.41, 5.74) is 1.18. The molecule has 0 radical (unpaired) electrons. The first-order chi connectivity index (χ1) is 13.8. The van der Waals surface area contributed by atoms with Crippen molar-refractivity contribution >= 4 is 44.6 Å². The number of amides is 1. The van der Waals surface area contributed by atoms with E-state index in [-0.39, 0.29) is 18.4 Å². The van der Waals surface area contributed by atoms with Crippen molar-refractivity contribution in [2.75, 3.05) is 37.2 Å². The normalized spacial score (nSPS) is 17.8. The molecule has 1 amide bonds. The number of rotatable bonds is 8. The van der Waals surface area contributed by atoms with E-state index in [9.17, 15) is 13.2 Å². The van der Waals surface area contributed by atoms with E-state index in [1.165, 1.54) is 4.88 Å². The highest BCUT2D eigenvalue weighted by Gasteiger charge is 2.21. The zero-order valence-electron chi connectivity index (χ0n) is 16.1. The standard InChI is InChI=1S/C19H24ClN3O4S2/c1-29(25,26)22-15-4-2-3-14(9-15)10-19(24)21-11-16-12-23(7-8-27-16)13-17-5-6-18(20)28-17/h2-6,9,16,22H,7-8,10-13H2,1H3,(H,21,24)/t16-/m0/s1. The molecular formula is C19H24ClN3O4S2. The van der Waals surface area contributed by atoms with Gasteiger partial charge in [0.15, 0.2) is 0 Å². The van der Waals surface area contributed by atoms with Crippen LogP contribution in [0.15, 0.2) is 36.4 Å². The topological polar surface area (TPSA) is 87.7 Å². The number of nitrogens with zero attached hydrogens (tertiary/aromatic N) is 1. The summed E-state index contributed by atoms with van der Waals surface area (Å²) >= 11 is 7.57. The van der Waals surface area contributed by atoms with Crippen LogP contribution in [0, 0.1) is 0 Å². The number of ether oxygens (including phenoxy) is 1. The van der Waals surface area contributed by atoms with Gasteiger partial charge in [0.2, 0.25) is 15.9 Å². The van der Waals surface area contributed by atoms with Crippen LogP contribution in [0.25, 0.3) is 0 Å². The summed E-state index contributed by atoms with van der Waals surface area (Å²) in [6.45, 7) is 3.47. The van der Waals surface area contributed by atoms with Crippen molar-refractivity contribution in [2.24, 2.45) is 0 Å². The molecule has 7 nitrogen and oxygen atoms in total. The van der Waals surface area contributed by atoms with E-state index in [0.29, 0.717) is 18.8 Å². The van der Waals surface area contributed by atoms with E-state index in [2.05, 4.69) is 14.9 Å². The number of nitrogens with one attached hydrogen (secondary N) is 2. The molecule has 1 atom stereocenters. The smallest absolute Gasteiger partial charge is 0.229 e. The first-order valence-electron chi connectivity index (χ1n) is 9.18. The van der Waals surface area contributed by atoms with E-state index >= 15 is 0 Å². The maximum Gasteiger partial charge on any atom is 0.229 e. The van der Waals surface area contributed by atoms with Crippen LogP contribution >= 0.6 is 22.9 Å². The monoisotopic (exact) mass is 457 g/mol. The van der Waals surface area contributed by atoms with Crippen molar-refractivity contribution in [1.29, 1.82) is 0 Å². The first-order valence-corrected chi connectivity index (χ1v) is 12.3. The van der Waals surface area contributed by atoms with Gasteiger partial charge in [-0.3, -0.25) is 14.4 Å². The Bertz CT molecular complexity index is 948. The molecule has 1 aliphatic heterocycles. The highest BCUT2D eigenvalue weighted by molar-refractivity contribution is 7.92. The molecule has 0 unspecified atom stereocenters. The third-order valence-corrected chi connectivity index (χ3v) is 6.18. The van der Waals surface area contributed by atoms with Crippen LogP contribution in [-0.2, 0) is 32.5 Å². The Morgan fingerprint density at radius 2 is 2.17 bits per heavy atom. The molecule has 0 aliphatic carbocycles. The van der Waals surface area contributed by atoms with Crippen LogP contribution in [0.4, 0.5) is 5.69 Å². The molecule has 1 saturated heterocycles. The van der Waals surface area contributed by atoms with Crippen LogP contribution < -0.4 is 10.0 Å². The molecule has 0 saturated carbocycles. The molecule has 0 spiro atoms. The molecule has 0 bridgehead atoms. The Morgan fingerprint density at radius 1 is 1.34 bits per heavy atom. The van der Waals surface area contributed by atoms with Crippen LogP contribution in [-0.4, -0.2) is 57.8 Å². The average Bonchev–Trinajstić information content (AvgIpc) is 3.04. The summed E-state index contributed by atoms with van der Waals surface area (Å²) < 4.78 is 31.6. The molecule has 1 aromatic heterocycles. The van der Waals surface area contributed by atoms with Crippen molar-refractivity contribution in [2.45, 2.75) is 19.1 Å². The van der Waals surface area contributed by atoms with Gasteiger partial charge in [0.1, 0.15) is 0 Å². The van der Waals surface area contributed by atoms with E-state index in [1.54, 1.807) is 35.6 Å². The number of carbonyl (C=O) groups is 1. The van der Waals surface area contributed by atoms with Crippen LogP contribution in [0.5, 0.6) is 0 Å². The van der Waals surface area contributed by atoms with Gasteiger partial charge in [0, 0.05) is 36.7 Å². The Kier molecular flexibility index (Phi) is 7.53. The summed E-state index contributed by atoms with van der Waals surface area (Å²) in [4.78, 5) is 15.8. The van der Waals surface area contributed by atoms with Gasteiger partial charge >= 0.3 is 0 Å². The van der Waals surface area contributed by atoms with Crippen molar-refractivity contribution < 1.29 is 17.9 Å². The Labute approximate surface area is 180 Å². The molecule has 3 rings (SSSR count). The van der Waals surface area contributed by atoms with Gasteiger partial charge in [-0.25, -0.2) is 8.42 Å². The zero-order valence-corrected chi connectivity index (χ0v) is 18.4. The summed E-state index contributed by atoms with van der Waals surface area (Å²) in [5, 5.41) is 2.91. The molecule has 2 aromatic rings. The maximum atomic E-state index is 12.3. The number of hydrogen-bond donors (Lipinski definition) is 2. The third kappa shape index (κ3) is 7.60. The Balaban J connectivity index is 1.46. The largest absolute Gasteiger partial charge is 0.374 e. The highest BCUT2D eigenvalue weighted by Crippen LogP contribution is 2.23. The van der Waals surface area contributed by atoms with E-state index in [4.69, 9.17) is 16.3 Å². The first kappa shape index (κ1) is 22.0. The fourth-order valence-electron chi connectivity index (χ4n) is 3.14. The second-order valence-electron chi connectivity index (χ2n) is 6.99. The fourth-order valence-corrected chi connectivity index (χ4v) is 4.82. The third-order valence-electron chi connectivity index (χ3n) is 4.35.